The number of fused-ring (bicyclic) bond motifs is 2. The van der Waals surface area contributed by atoms with Crippen LogP contribution < -0.4 is 14.8 Å². The Balaban J connectivity index is 1.21. The first-order chi connectivity index (χ1) is 19.2. The summed E-state index contributed by atoms with van der Waals surface area (Å²) in [4.78, 5) is 26.1. The van der Waals surface area contributed by atoms with Crippen LogP contribution in [0, 0.1) is 13.8 Å². The van der Waals surface area contributed by atoms with Gasteiger partial charge in [-0.25, -0.2) is 24.5 Å². The van der Waals surface area contributed by atoms with Gasteiger partial charge in [0.05, 0.1) is 16.8 Å². The van der Waals surface area contributed by atoms with Crippen LogP contribution in [0.5, 0.6) is 5.75 Å². The van der Waals surface area contributed by atoms with Gasteiger partial charge < -0.3 is 10.1 Å². The van der Waals surface area contributed by atoms with Crippen LogP contribution in [0.1, 0.15) is 36.5 Å². The van der Waals surface area contributed by atoms with Gasteiger partial charge in [-0.3, -0.25) is 4.57 Å². The molecule has 0 radical (unpaired) electrons. The quantitative estimate of drug-likeness (QED) is 0.256. The second kappa shape index (κ2) is 11.2. The second-order valence-electron chi connectivity index (χ2n) is 9.29. The number of sulfonamides is 1. The summed E-state index contributed by atoms with van der Waals surface area (Å²) in [5.41, 5.74) is 6.25. The molecule has 5 rings (SSSR count). The van der Waals surface area contributed by atoms with Gasteiger partial charge in [0.25, 0.3) is 10.0 Å². The zero-order valence-corrected chi connectivity index (χ0v) is 24.3. The second-order valence-corrected chi connectivity index (χ2v) is 12.2. The lowest BCUT2D eigenvalue weighted by atomic mass is 10.1. The van der Waals surface area contributed by atoms with Crippen LogP contribution in [0.4, 0.5) is 4.79 Å². The van der Waals surface area contributed by atoms with Gasteiger partial charge in [0.1, 0.15) is 17.1 Å². The molecule has 0 saturated carbocycles. The summed E-state index contributed by atoms with van der Waals surface area (Å²) in [6, 6.07) is 14.4. The third-order valence-corrected chi connectivity index (χ3v) is 9.05. The number of carbonyl (C=O) groups excluding carboxylic acids is 1. The van der Waals surface area contributed by atoms with Crippen molar-refractivity contribution in [2.45, 2.75) is 44.9 Å². The summed E-state index contributed by atoms with van der Waals surface area (Å²) >= 11 is 0.979. The summed E-state index contributed by atoms with van der Waals surface area (Å²) in [6.07, 6.45) is 1.29. The minimum absolute atomic E-state index is 0.180. The average Bonchev–Trinajstić information content (AvgIpc) is 3.51. The Labute approximate surface area is 236 Å². The van der Waals surface area contributed by atoms with Crippen molar-refractivity contribution in [1.29, 1.82) is 0 Å². The van der Waals surface area contributed by atoms with Crippen LogP contribution >= 0.6 is 11.3 Å². The fraction of sp³-hybridized carbons (Fsp3) is 0.286. The molecule has 10 nitrogen and oxygen atoms in total. The van der Waals surface area contributed by atoms with Gasteiger partial charge in [-0.1, -0.05) is 19.1 Å². The first-order valence-electron chi connectivity index (χ1n) is 13.0. The van der Waals surface area contributed by atoms with Gasteiger partial charge in [0.2, 0.25) is 4.34 Å². The molecule has 0 aliphatic carbocycles. The average molecular weight is 579 g/mol. The fourth-order valence-corrected chi connectivity index (χ4v) is 6.68. The molecule has 0 aliphatic heterocycles. The molecule has 0 atom stereocenters. The number of carbonyl (C=O) groups is 1. The van der Waals surface area contributed by atoms with E-state index in [-0.39, 0.29) is 10.9 Å². The molecule has 208 valence electrons. The number of pyridine rings is 1. The number of urea groups is 1. The molecule has 3 heterocycles. The summed E-state index contributed by atoms with van der Waals surface area (Å²) in [7, 11) is -4.11. The van der Waals surface area contributed by atoms with Gasteiger partial charge in [0.15, 0.2) is 5.65 Å². The fourth-order valence-electron chi connectivity index (χ4n) is 4.50. The number of aryl methyl sites for hydroxylation is 3. The maximum Gasteiger partial charge on any atom is 0.328 e. The number of rotatable bonds is 9. The van der Waals surface area contributed by atoms with E-state index in [1.54, 1.807) is 18.2 Å². The Morgan fingerprint density at radius 2 is 1.80 bits per heavy atom. The standard InChI is InChI=1S/C28H30N6O4S2/c1-5-24-32-25-17(3)15-18(4)30-26(25)34(24)20-9-7-19(8-10-20)13-14-29-27(35)33-40(36,37)28-31-22-12-11-21(38-6-2)16-23(22)39-28/h7-12,15-16H,5-6,13-14H2,1-4H3,(H2,29,33,35). The zero-order chi connectivity index (χ0) is 28.4. The maximum atomic E-state index is 12.7. The number of hydrogen-bond donors (Lipinski definition) is 2. The van der Waals surface area contributed by atoms with Crippen molar-refractivity contribution in [3.63, 3.8) is 0 Å². The number of benzene rings is 2. The van der Waals surface area contributed by atoms with Crippen LogP contribution in [-0.4, -0.2) is 47.1 Å². The summed E-state index contributed by atoms with van der Waals surface area (Å²) in [6.45, 7) is 8.72. The van der Waals surface area contributed by atoms with Crippen LogP contribution in [0.3, 0.4) is 0 Å². The van der Waals surface area contributed by atoms with Crippen molar-refractivity contribution in [2.75, 3.05) is 13.2 Å². The normalized spacial score (nSPS) is 11.7. The molecule has 0 saturated heterocycles. The van der Waals surface area contributed by atoms with Gasteiger partial charge in [-0.05, 0) is 74.7 Å². The molecule has 2 aromatic carbocycles. The molecule has 0 aliphatic rings. The Hall–Kier alpha value is -4.03. The monoisotopic (exact) mass is 578 g/mol. The number of thiazole rings is 1. The van der Waals surface area contributed by atoms with Crippen molar-refractivity contribution in [2.24, 2.45) is 0 Å². The van der Waals surface area contributed by atoms with E-state index in [0.29, 0.717) is 29.0 Å². The van der Waals surface area contributed by atoms with E-state index in [4.69, 9.17) is 14.7 Å². The molecule has 2 amide bonds. The van der Waals surface area contributed by atoms with Crippen LogP contribution in [0.25, 0.3) is 27.1 Å². The Kier molecular flexibility index (Phi) is 7.72. The van der Waals surface area contributed by atoms with E-state index in [1.807, 2.05) is 55.8 Å². The van der Waals surface area contributed by atoms with E-state index in [1.165, 1.54) is 0 Å². The highest BCUT2D eigenvalue weighted by Gasteiger charge is 2.22. The lowest BCUT2D eigenvalue weighted by Crippen LogP contribution is -2.40. The maximum absolute atomic E-state index is 12.7. The predicted octanol–water partition coefficient (Wildman–Crippen LogP) is 4.84. The minimum Gasteiger partial charge on any atom is -0.494 e. The third-order valence-electron chi connectivity index (χ3n) is 6.32. The highest BCUT2D eigenvalue weighted by atomic mass is 32.2. The van der Waals surface area contributed by atoms with E-state index in [0.717, 1.165) is 57.3 Å². The largest absolute Gasteiger partial charge is 0.494 e. The first kappa shape index (κ1) is 27.5. The van der Waals surface area contributed by atoms with Gasteiger partial charge in [-0.2, -0.15) is 8.42 Å². The van der Waals surface area contributed by atoms with Crippen LogP contribution in [0.2, 0.25) is 0 Å². The Morgan fingerprint density at radius 1 is 1.02 bits per heavy atom. The van der Waals surface area contributed by atoms with E-state index >= 15 is 0 Å². The van der Waals surface area contributed by atoms with E-state index in [2.05, 4.69) is 21.8 Å². The van der Waals surface area contributed by atoms with E-state index in [9.17, 15) is 13.2 Å². The molecule has 5 aromatic rings. The smallest absolute Gasteiger partial charge is 0.328 e. The summed E-state index contributed by atoms with van der Waals surface area (Å²) < 4.78 is 35.5. The highest BCUT2D eigenvalue weighted by Crippen LogP contribution is 2.29. The Bertz CT molecular complexity index is 1810. The van der Waals surface area contributed by atoms with Gasteiger partial charge in [0, 0.05) is 24.3 Å². The van der Waals surface area contributed by atoms with Crippen LogP contribution in [0.15, 0.2) is 52.9 Å². The molecule has 0 fully saturated rings. The van der Waals surface area contributed by atoms with E-state index < -0.39 is 16.1 Å². The van der Waals surface area contributed by atoms with Crippen LogP contribution in [-0.2, 0) is 22.9 Å². The zero-order valence-electron chi connectivity index (χ0n) is 22.7. The molecule has 2 N–H and O–H groups in total. The number of nitrogens with one attached hydrogen (secondary N) is 2. The van der Waals surface area contributed by atoms with Crippen molar-refractivity contribution in [1.82, 2.24) is 29.6 Å². The lowest BCUT2D eigenvalue weighted by Gasteiger charge is -2.10. The predicted molar refractivity (Wildman–Crippen MR) is 156 cm³/mol. The van der Waals surface area contributed by atoms with Crippen molar-refractivity contribution in [3.05, 3.63) is 71.2 Å². The van der Waals surface area contributed by atoms with Crippen molar-refractivity contribution < 1.29 is 17.9 Å². The van der Waals surface area contributed by atoms with Crippen molar-refractivity contribution in [3.8, 4) is 11.4 Å². The van der Waals surface area contributed by atoms with Gasteiger partial charge >= 0.3 is 6.03 Å². The number of nitrogens with zero attached hydrogens (tertiary/aromatic N) is 4. The first-order valence-corrected chi connectivity index (χ1v) is 15.3. The highest BCUT2D eigenvalue weighted by molar-refractivity contribution is 7.92. The Morgan fingerprint density at radius 3 is 2.52 bits per heavy atom. The van der Waals surface area contributed by atoms with Crippen molar-refractivity contribution >= 4 is 48.8 Å². The molecule has 0 bridgehead atoms. The lowest BCUT2D eigenvalue weighted by molar-refractivity contribution is 0.246. The SMILES string of the molecule is CCOc1ccc2nc(S(=O)(=O)NC(=O)NCCc3ccc(-n4c(CC)nc5c(C)cc(C)nc54)cc3)sc2c1. The summed E-state index contributed by atoms with van der Waals surface area (Å²) in [5.74, 6) is 1.57. The molecular weight excluding hydrogens is 548 g/mol. The number of aromatic nitrogens is 4. The molecule has 40 heavy (non-hydrogen) atoms. The topological polar surface area (TPSA) is 128 Å². The number of hydrogen-bond acceptors (Lipinski definition) is 8. The molecule has 0 unspecified atom stereocenters. The third kappa shape index (κ3) is 5.63. The molecule has 3 aromatic heterocycles. The molecule has 0 spiro atoms. The molecular formula is C28H30N6O4S2. The number of ether oxygens (including phenoxy) is 1. The molecule has 12 heteroatoms. The minimum atomic E-state index is -4.11. The van der Waals surface area contributed by atoms with Gasteiger partial charge in [-0.15, -0.1) is 11.3 Å². The number of amides is 2. The number of imidazole rings is 1. The summed E-state index contributed by atoms with van der Waals surface area (Å²) in [5, 5.41) is 2.62.